The topological polar surface area (TPSA) is 47.4 Å². The van der Waals surface area contributed by atoms with E-state index < -0.39 is 0 Å². The average Bonchev–Trinajstić information content (AvgIpc) is 3.35. The van der Waals surface area contributed by atoms with Crippen molar-refractivity contribution in [3.63, 3.8) is 0 Å². The quantitative estimate of drug-likeness (QED) is 0.508. The van der Waals surface area contributed by atoms with Crippen molar-refractivity contribution in [3.8, 4) is 5.75 Å². The van der Waals surface area contributed by atoms with Gasteiger partial charge in [0.05, 0.1) is 23.7 Å². The Bertz CT molecular complexity index is 1040. The van der Waals surface area contributed by atoms with Gasteiger partial charge < -0.3 is 14.2 Å². The summed E-state index contributed by atoms with van der Waals surface area (Å²) in [4.78, 5) is 19.0. The normalized spacial score (nSPS) is 16.4. The van der Waals surface area contributed by atoms with Crippen LogP contribution in [0.1, 0.15) is 55.6 Å². The zero-order valence-electron chi connectivity index (χ0n) is 18.2. The molecule has 3 aromatic rings. The number of ether oxygens (including phenoxy) is 1. The molecule has 1 saturated heterocycles. The third kappa shape index (κ3) is 4.20. The van der Waals surface area contributed by atoms with Gasteiger partial charge in [-0.3, -0.25) is 4.79 Å². The summed E-state index contributed by atoms with van der Waals surface area (Å²) in [6.07, 6.45) is 4.00. The number of aromatic nitrogens is 2. The molecule has 0 unspecified atom stereocenters. The number of nitrogens with zero attached hydrogens (tertiary/aromatic N) is 3. The Kier molecular flexibility index (Phi) is 6.07. The second-order valence-corrected chi connectivity index (χ2v) is 8.31. The first-order valence-electron chi connectivity index (χ1n) is 11.0. The lowest BCUT2D eigenvalue weighted by Gasteiger charge is -2.24. The summed E-state index contributed by atoms with van der Waals surface area (Å²) >= 11 is 0. The molecule has 5 heteroatoms. The van der Waals surface area contributed by atoms with Crippen LogP contribution in [0.2, 0.25) is 0 Å². The Morgan fingerprint density at radius 2 is 2.00 bits per heavy atom. The number of hydrogen-bond acceptors (Lipinski definition) is 3. The molecule has 1 aliphatic rings. The molecule has 30 heavy (non-hydrogen) atoms. The monoisotopic (exact) mass is 405 g/mol. The minimum absolute atomic E-state index is 0.0843. The molecule has 0 N–H and O–H groups in total. The van der Waals surface area contributed by atoms with Crippen LogP contribution >= 0.6 is 0 Å². The van der Waals surface area contributed by atoms with Crippen molar-refractivity contribution in [1.82, 2.24) is 14.5 Å². The number of amides is 1. The van der Waals surface area contributed by atoms with Crippen molar-refractivity contribution in [1.29, 1.82) is 0 Å². The number of fused-ring (bicyclic) bond motifs is 1. The lowest BCUT2D eigenvalue weighted by atomic mass is 10.1. The van der Waals surface area contributed by atoms with E-state index in [1.165, 1.54) is 11.1 Å². The first kappa shape index (κ1) is 20.5. The number of carbonyl (C=O) groups is 1. The maximum absolute atomic E-state index is 12.1. The van der Waals surface area contributed by atoms with Crippen LogP contribution in [-0.2, 0) is 11.3 Å². The standard InChI is InChI=1S/C25H31N3O2/c1-18-12-13-19(2)24(17-18)30-16-7-6-14-28-22-10-5-4-9-21(22)26-25(28)23-11-8-15-27(23)20(3)29/h4-5,9-10,12-13,17,23H,6-8,11,14-16H2,1-3H3/t23-/m1/s1. The molecule has 5 nitrogen and oxygen atoms in total. The van der Waals surface area contributed by atoms with Gasteiger partial charge in [-0.05, 0) is 68.9 Å². The minimum atomic E-state index is 0.0843. The van der Waals surface area contributed by atoms with Crippen molar-refractivity contribution in [2.45, 2.75) is 59.0 Å². The SMILES string of the molecule is CC(=O)N1CCC[C@@H]1c1nc2ccccc2n1CCCCOc1cc(C)ccc1C. The molecule has 1 fully saturated rings. The highest BCUT2D eigenvalue weighted by molar-refractivity contribution is 5.77. The van der Waals surface area contributed by atoms with Crippen LogP contribution in [0, 0.1) is 13.8 Å². The van der Waals surface area contributed by atoms with Crippen molar-refractivity contribution >= 4 is 16.9 Å². The molecule has 1 amide bonds. The predicted octanol–water partition coefficient (Wildman–Crippen LogP) is 5.20. The Morgan fingerprint density at radius 3 is 2.83 bits per heavy atom. The highest BCUT2D eigenvalue weighted by atomic mass is 16.5. The van der Waals surface area contributed by atoms with Gasteiger partial charge in [-0.25, -0.2) is 4.98 Å². The van der Waals surface area contributed by atoms with Crippen LogP contribution in [0.4, 0.5) is 0 Å². The number of carbonyl (C=O) groups excluding carboxylic acids is 1. The maximum atomic E-state index is 12.1. The van der Waals surface area contributed by atoms with Gasteiger partial charge in [0.2, 0.25) is 5.91 Å². The molecule has 1 aliphatic heterocycles. The smallest absolute Gasteiger partial charge is 0.220 e. The van der Waals surface area contributed by atoms with Gasteiger partial charge in [-0.1, -0.05) is 24.3 Å². The van der Waals surface area contributed by atoms with Crippen molar-refractivity contribution < 1.29 is 9.53 Å². The van der Waals surface area contributed by atoms with E-state index in [2.05, 4.69) is 54.8 Å². The maximum Gasteiger partial charge on any atom is 0.220 e. The van der Waals surface area contributed by atoms with E-state index in [-0.39, 0.29) is 11.9 Å². The van der Waals surface area contributed by atoms with Gasteiger partial charge in [-0.2, -0.15) is 0 Å². The number of imidazole rings is 1. The van der Waals surface area contributed by atoms with E-state index in [9.17, 15) is 4.79 Å². The van der Waals surface area contributed by atoms with E-state index in [1.807, 2.05) is 11.0 Å². The van der Waals surface area contributed by atoms with Crippen LogP contribution in [0.3, 0.4) is 0 Å². The molecule has 2 aromatic carbocycles. The fourth-order valence-electron chi connectivity index (χ4n) is 4.41. The Hall–Kier alpha value is -2.82. The van der Waals surface area contributed by atoms with E-state index in [0.717, 1.165) is 61.4 Å². The van der Waals surface area contributed by atoms with E-state index >= 15 is 0 Å². The minimum Gasteiger partial charge on any atom is -0.493 e. The van der Waals surface area contributed by atoms with Gasteiger partial charge in [0.15, 0.2) is 0 Å². The second kappa shape index (κ2) is 8.90. The molecular formula is C25H31N3O2. The summed E-state index contributed by atoms with van der Waals surface area (Å²) in [5, 5.41) is 0. The lowest BCUT2D eigenvalue weighted by molar-refractivity contribution is -0.129. The summed E-state index contributed by atoms with van der Waals surface area (Å²) in [5.41, 5.74) is 4.55. The van der Waals surface area contributed by atoms with Crippen molar-refractivity contribution in [2.75, 3.05) is 13.2 Å². The number of benzene rings is 2. The molecule has 1 aromatic heterocycles. The number of aryl methyl sites for hydroxylation is 3. The van der Waals surface area contributed by atoms with Gasteiger partial charge in [0, 0.05) is 20.0 Å². The summed E-state index contributed by atoms with van der Waals surface area (Å²) in [5.74, 6) is 2.14. The first-order valence-corrected chi connectivity index (χ1v) is 11.0. The molecule has 1 atom stereocenters. The van der Waals surface area contributed by atoms with Gasteiger partial charge in [0.1, 0.15) is 11.6 Å². The third-order valence-electron chi connectivity index (χ3n) is 6.02. The Labute approximate surface area is 178 Å². The summed E-state index contributed by atoms with van der Waals surface area (Å²) < 4.78 is 8.34. The van der Waals surface area contributed by atoms with Crippen LogP contribution < -0.4 is 4.74 Å². The fraction of sp³-hybridized carbons (Fsp3) is 0.440. The molecule has 4 rings (SSSR count). The fourth-order valence-corrected chi connectivity index (χ4v) is 4.41. The van der Waals surface area contributed by atoms with Crippen molar-refractivity contribution in [3.05, 3.63) is 59.4 Å². The highest BCUT2D eigenvalue weighted by Crippen LogP contribution is 2.33. The van der Waals surface area contributed by atoms with E-state index in [1.54, 1.807) is 6.92 Å². The number of para-hydroxylation sites is 2. The van der Waals surface area contributed by atoms with E-state index in [0.29, 0.717) is 6.61 Å². The molecule has 0 spiro atoms. The average molecular weight is 406 g/mol. The molecule has 0 aliphatic carbocycles. The molecule has 0 radical (unpaired) electrons. The zero-order chi connectivity index (χ0) is 21.1. The van der Waals surface area contributed by atoms with Crippen LogP contribution in [0.5, 0.6) is 5.75 Å². The summed E-state index contributed by atoms with van der Waals surface area (Å²) in [6, 6.07) is 14.7. The summed E-state index contributed by atoms with van der Waals surface area (Å²) in [6.45, 7) is 8.25. The third-order valence-corrected chi connectivity index (χ3v) is 6.02. The van der Waals surface area contributed by atoms with Crippen LogP contribution in [0.25, 0.3) is 11.0 Å². The number of hydrogen-bond donors (Lipinski definition) is 0. The van der Waals surface area contributed by atoms with Crippen LogP contribution in [0.15, 0.2) is 42.5 Å². The molecule has 0 bridgehead atoms. The van der Waals surface area contributed by atoms with Gasteiger partial charge in [0.25, 0.3) is 0 Å². The van der Waals surface area contributed by atoms with Crippen LogP contribution in [-0.4, -0.2) is 33.5 Å². The first-order chi connectivity index (χ1) is 14.5. The Morgan fingerprint density at radius 1 is 1.17 bits per heavy atom. The van der Waals surface area contributed by atoms with Gasteiger partial charge in [-0.15, -0.1) is 0 Å². The molecule has 158 valence electrons. The number of unbranched alkanes of at least 4 members (excludes halogenated alkanes) is 1. The van der Waals surface area contributed by atoms with Gasteiger partial charge >= 0.3 is 0 Å². The number of rotatable bonds is 7. The van der Waals surface area contributed by atoms with Crippen molar-refractivity contribution in [2.24, 2.45) is 0 Å². The molecule has 0 saturated carbocycles. The molecule has 2 heterocycles. The summed E-state index contributed by atoms with van der Waals surface area (Å²) in [7, 11) is 0. The highest BCUT2D eigenvalue weighted by Gasteiger charge is 2.31. The predicted molar refractivity (Wildman–Crippen MR) is 120 cm³/mol. The largest absolute Gasteiger partial charge is 0.493 e. The Balaban J connectivity index is 1.45. The zero-order valence-corrected chi connectivity index (χ0v) is 18.2. The molecular weight excluding hydrogens is 374 g/mol. The van der Waals surface area contributed by atoms with E-state index in [4.69, 9.17) is 9.72 Å². The second-order valence-electron chi connectivity index (χ2n) is 8.31. The number of likely N-dealkylation sites (tertiary alicyclic amines) is 1. The lowest BCUT2D eigenvalue weighted by Crippen LogP contribution is -2.30.